The monoisotopic (exact) mass is 392 g/mol. The number of ether oxygens (including phenoxy) is 1. The predicted molar refractivity (Wildman–Crippen MR) is 103 cm³/mol. The molecule has 136 valence electrons. The Balaban J connectivity index is 2.40. The second-order valence-corrected chi connectivity index (χ2v) is 8.71. The van der Waals surface area contributed by atoms with Crippen molar-refractivity contribution >= 4 is 46.4 Å². The molecule has 0 aliphatic rings. The van der Waals surface area contributed by atoms with Gasteiger partial charge < -0.3 is 20.0 Å². The van der Waals surface area contributed by atoms with Gasteiger partial charge in [0.1, 0.15) is 11.4 Å². The molecule has 2 aromatic carbocycles. The topological polar surface area (TPSA) is 94.4 Å². The van der Waals surface area contributed by atoms with Crippen molar-refractivity contribution in [3.05, 3.63) is 52.7 Å². The minimum absolute atomic E-state index is 0.0351. The SMILES string of the molecule is COc1cc(C)cc(P(=O)(OC)c2c(C(N)=O)[nH]c3ccc(Cl)cc23)c1. The molecule has 0 saturated carbocycles. The zero-order valence-electron chi connectivity index (χ0n) is 14.5. The number of aromatic nitrogens is 1. The van der Waals surface area contributed by atoms with Gasteiger partial charge in [-0.25, -0.2) is 0 Å². The molecule has 0 spiro atoms. The van der Waals surface area contributed by atoms with Crippen molar-refractivity contribution in [1.82, 2.24) is 4.98 Å². The summed E-state index contributed by atoms with van der Waals surface area (Å²) in [6.07, 6.45) is 0. The summed E-state index contributed by atoms with van der Waals surface area (Å²) in [7, 11) is -0.790. The number of aryl methyl sites for hydroxylation is 1. The molecule has 1 unspecified atom stereocenters. The molecule has 0 radical (unpaired) electrons. The first-order chi connectivity index (χ1) is 12.3. The lowest BCUT2D eigenvalue weighted by Gasteiger charge is -2.19. The summed E-state index contributed by atoms with van der Waals surface area (Å²) in [6, 6.07) is 10.2. The van der Waals surface area contributed by atoms with Crippen LogP contribution in [0.5, 0.6) is 5.75 Å². The van der Waals surface area contributed by atoms with Crippen LogP contribution < -0.4 is 21.1 Å². The highest BCUT2D eigenvalue weighted by molar-refractivity contribution is 7.75. The minimum atomic E-state index is -3.65. The Kier molecular flexibility index (Phi) is 4.84. The minimum Gasteiger partial charge on any atom is -0.497 e. The first-order valence-electron chi connectivity index (χ1n) is 7.73. The highest BCUT2D eigenvalue weighted by Gasteiger charge is 2.36. The fourth-order valence-electron chi connectivity index (χ4n) is 2.98. The van der Waals surface area contributed by atoms with E-state index in [1.807, 2.05) is 13.0 Å². The van der Waals surface area contributed by atoms with E-state index in [9.17, 15) is 9.36 Å². The maximum absolute atomic E-state index is 14.0. The van der Waals surface area contributed by atoms with E-state index in [0.29, 0.717) is 27.0 Å². The Labute approximate surface area is 155 Å². The summed E-state index contributed by atoms with van der Waals surface area (Å²) in [5.41, 5.74) is 7.00. The third-order valence-corrected chi connectivity index (χ3v) is 6.88. The van der Waals surface area contributed by atoms with E-state index in [2.05, 4.69) is 4.98 Å². The molecule has 1 atom stereocenters. The maximum atomic E-state index is 14.0. The van der Waals surface area contributed by atoms with Gasteiger partial charge in [-0.3, -0.25) is 9.36 Å². The number of amides is 1. The van der Waals surface area contributed by atoms with Gasteiger partial charge >= 0.3 is 0 Å². The van der Waals surface area contributed by atoms with Crippen molar-refractivity contribution in [2.45, 2.75) is 6.92 Å². The summed E-state index contributed by atoms with van der Waals surface area (Å²) in [5.74, 6) is -0.194. The number of nitrogens with two attached hydrogens (primary N) is 1. The van der Waals surface area contributed by atoms with Gasteiger partial charge in [-0.15, -0.1) is 0 Å². The summed E-state index contributed by atoms with van der Waals surface area (Å²) in [4.78, 5) is 14.9. The number of primary amides is 1. The highest BCUT2D eigenvalue weighted by Crippen LogP contribution is 2.47. The number of H-pyrrole nitrogens is 1. The van der Waals surface area contributed by atoms with Crippen LogP contribution in [0.3, 0.4) is 0 Å². The van der Waals surface area contributed by atoms with Crippen LogP contribution in [-0.4, -0.2) is 25.1 Å². The molecule has 26 heavy (non-hydrogen) atoms. The standard InChI is InChI=1S/C18H18ClN2O4P/c1-10-6-12(24-2)9-13(7-10)26(23,25-3)17-14-8-11(19)4-5-15(14)21-16(17)18(20)22/h4-9,21H,1-3H3,(H2,20,22). The number of nitrogens with one attached hydrogen (secondary N) is 1. The first-order valence-corrected chi connectivity index (χ1v) is 9.74. The van der Waals surface area contributed by atoms with Crippen molar-refractivity contribution in [3.8, 4) is 5.75 Å². The Hall–Kier alpha value is -2.27. The lowest BCUT2D eigenvalue weighted by atomic mass is 10.2. The van der Waals surface area contributed by atoms with Crippen LogP contribution in [-0.2, 0) is 9.09 Å². The first kappa shape index (κ1) is 18.5. The molecule has 1 heterocycles. The van der Waals surface area contributed by atoms with Crippen molar-refractivity contribution in [3.63, 3.8) is 0 Å². The molecule has 0 saturated heterocycles. The fourth-order valence-corrected chi connectivity index (χ4v) is 5.43. The van der Waals surface area contributed by atoms with E-state index in [1.165, 1.54) is 14.2 Å². The molecule has 0 aliphatic heterocycles. The van der Waals surface area contributed by atoms with Gasteiger partial charge in [0.25, 0.3) is 13.3 Å². The van der Waals surface area contributed by atoms with E-state index < -0.39 is 13.3 Å². The van der Waals surface area contributed by atoms with Crippen LogP contribution in [0.15, 0.2) is 36.4 Å². The van der Waals surface area contributed by atoms with Gasteiger partial charge in [0.2, 0.25) is 0 Å². The quantitative estimate of drug-likeness (QED) is 0.652. The Morgan fingerprint density at radius 1 is 1.19 bits per heavy atom. The number of rotatable bonds is 5. The zero-order valence-corrected chi connectivity index (χ0v) is 16.1. The Morgan fingerprint density at radius 3 is 2.54 bits per heavy atom. The van der Waals surface area contributed by atoms with E-state index in [4.69, 9.17) is 26.6 Å². The molecule has 0 bridgehead atoms. The highest BCUT2D eigenvalue weighted by atomic mass is 35.5. The van der Waals surface area contributed by atoms with E-state index in [-0.39, 0.29) is 11.0 Å². The molecule has 8 heteroatoms. The van der Waals surface area contributed by atoms with Crippen LogP contribution >= 0.6 is 19.0 Å². The Morgan fingerprint density at radius 2 is 1.92 bits per heavy atom. The molecular formula is C18H18ClN2O4P. The smallest absolute Gasteiger partial charge is 0.266 e. The number of halogens is 1. The Bertz CT molecular complexity index is 1060. The van der Waals surface area contributed by atoms with Crippen molar-refractivity contribution in [2.75, 3.05) is 14.2 Å². The molecule has 0 fully saturated rings. The van der Waals surface area contributed by atoms with E-state index in [0.717, 1.165) is 5.56 Å². The van der Waals surface area contributed by atoms with Crippen LogP contribution in [0.1, 0.15) is 16.1 Å². The molecule has 3 N–H and O–H groups in total. The van der Waals surface area contributed by atoms with Gasteiger partial charge in [-0.1, -0.05) is 11.6 Å². The number of methoxy groups -OCH3 is 1. The van der Waals surface area contributed by atoms with E-state index >= 15 is 0 Å². The van der Waals surface area contributed by atoms with Crippen LogP contribution in [0.25, 0.3) is 10.9 Å². The number of carbonyl (C=O) groups is 1. The van der Waals surface area contributed by atoms with Crippen molar-refractivity contribution in [1.29, 1.82) is 0 Å². The maximum Gasteiger partial charge on any atom is 0.266 e. The lowest BCUT2D eigenvalue weighted by molar-refractivity contribution is 0.0997. The summed E-state index contributed by atoms with van der Waals surface area (Å²) < 4.78 is 24.7. The van der Waals surface area contributed by atoms with Crippen LogP contribution in [0.4, 0.5) is 0 Å². The fraction of sp³-hybridized carbons (Fsp3) is 0.167. The summed E-state index contributed by atoms with van der Waals surface area (Å²) in [6.45, 7) is 1.85. The molecule has 6 nitrogen and oxygen atoms in total. The van der Waals surface area contributed by atoms with Gasteiger partial charge in [-0.2, -0.15) is 0 Å². The molecule has 0 aliphatic carbocycles. The molecule has 1 aromatic heterocycles. The predicted octanol–water partition coefficient (Wildman–Crippen LogP) is 3.11. The summed E-state index contributed by atoms with van der Waals surface area (Å²) in [5, 5.41) is 1.58. The lowest BCUT2D eigenvalue weighted by Crippen LogP contribution is -2.26. The van der Waals surface area contributed by atoms with Gasteiger partial charge in [0.05, 0.1) is 12.4 Å². The molecule has 3 rings (SSSR count). The second kappa shape index (κ2) is 6.80. The van der Waals surface area contributed by atoms with E-state index in [1.54, 1.807) is 30.3 Å². The average molecular weight is 393 g/mol. The number of hydrogen-bond donors (Lipinski definition) is 2. The normalized spacial score (nSPS) is 13.5. The average Bonchev–Trinajstić information content (AvgIpc) is 2.99. The number of hydrogen-bond acceptors (Lipinski definition) is 4. The molecular weight excluding hydrogens is 375 g/mol. The van der Waals surface area contributed by atoms with Gasteiger partial charge in [-0.05, 0) is 48.9 Å². The van der Waals surface area contributed by atoms with Crippen molar-refractivity contribution < 1.29 is 18.6 Å². The third-order valence-electron chi connectivity index (χ3n) is 4.14. The molecule has 1 amide bonds. The summed E-state index contributed by atoms with van der Waals surface area (Å²) >= 11 is 6.11. The van der Waals surface area contributed by atoms with Crippen molar-refractivity contribution in [2.24, 2.45) is 5.73 Å². The number of fused-ring (bicyclic) bond motifs is 1. The van der Waals surface area contributed by atoms with Crippen LogP contribution in [0, 0.1) is 6.92 Å². The van der Waals surface area contributed by atoms with Gasteiger partial charge in [0.15, 0.2) is 0 Å². The number of carbonyl (C=O) groups excluding carboxylic acids is 1. The molecule has 3 aromatic rings. The largest absolute Gasteiger partial charge is 0.497 e. The van der Waals surface area contributed by atoms with Gasteiger partial charge in [0, 0.05) is 28.3 Å². The second-order valence-electron chi connectivity index (χ2n) is 5.85. The number of benzene rings is 2. The number of aromatic amines is 1. The third kappa shape index (κ3) is 3.01. The zero-order chi connectivity index (χ0) is 19.1. The van der Waals surface area contributed by atoms with Crippen LogP contribution in [0.2, 0.25) is 5.02 Å².